The van der Waals surface area contributed by atoms with Crippen LogP contribution in [0, 0.1) is 12.8 Å². The van der Waals surface area contributed by atoms with E-state index in [1.807, 2.05) is 58.9 Å². The molecule has 1 amide bonds. The van der Waals surface area contributed by atoms with Gasteiger partial charge in [-0.25, -0.2) is 0 Å². The van der Waals surface area contributed by atoms with Gasteiger partial charge in [0.25, 0.3) is 0 Å². The van der Waals surface area contributed by atoms with Gasteiger partial charge >= 0.3 is 0 Å². The van der Waals surface area contributed by atoms with Crippen LogP contribution in [0.2, 0.25) is 0 Å². The largest absolute Gasteiger partial charge is 0.396 e. The summed E-state index contributed by atoms with van der Waals surface area (Å²) in [6.45, 7) is 9.83. The Morgan fingerprint density at radius 1 is 1.21 bits per heavy atom. The summed E-state index contributed by atoms with van der Waals surface area (Å²) in [6.07, 6.45) is -0.609. The van der Waals surface area contributed by atoms with Crippen molar-refractivity contribution in [1.29, 1.82) is 0 Å². The first-order valence-corrected chi connectivity index (χ1v) is 8.56. The molecule has 0 saturated carbocycles. The Balaban J connectivity index is 0.00000123. The van der Waals surface area contributed by atoms with Gasteiger partial charge in [-0.2, -0.15) is 5.06 Å². The summed E-state index contributed by atoms with van der Waals surface area (Å²) in [5.41, 5.74) is 7.49. The van der Waals surface area contributed by atoms with Crippen molar-refractivity contribution in [2.45, 2.75) is 53.3 Å². The second-order valence-corrected chi connectivity index (χ2v) is 5.08. The number of aliphatic hydroxyl groups is 2. The smallest absolute Gasteiger partial charge is 0.237 e. The molecule has 1 aromatic carbocycles. The number of benzene rings is 1. The molecule has 3 atom stereocenters. The normalized spacial score (nSPS) is 22.9. The van der Waals surface area contributed by atoms with Crippen molar-refractivity contribution >= 4 is 5.91 Å². The van der Waals surface area contributed by atoms with Gasteiger partial charge in [-0.15, -0.1) is 0 Å². The first kappa shape index (κ1) is 22.5. The number of rotatable bonds is 5. The molecule has 0 aromatic heterocycles. The molecule has 1 saturated heterocycles. The number of hydrogen-bond donors (Lipinski definition) is 3. The molecule has 1 fully saturated rings. The third-order valence-corrected chi connectivity index (χ3v) is 3.57. The number of primary amides is 1. The predicted octanol–water partition coefficient (Wildman–Crippen LogP) is 1.62. The molecule has 0 aliphatic carbocycles. The molecule has 6 heteroatoms. The van der Waals surface area contributed by atoms with Gasteiger partial charge in [0.1, 0.15) is 12.1 Å². The van der Waals surface area contributed by atoms with Crippen LogP contribution in [0.15, 0.2) is 24.3 Å². The van der Waals surface area contributed by atoms with E-state index in [1.165, 1.54) is 5.06 Å². The Bertz CT molecular complexity index is 482. The van der Waals surface area contributed by atoms with Crippen LogP contribution in [-0.2, 0) is 16.2 Å². The molecular formula is C18H32N2O4. The summed E-state index contributed by atoms with van der Waals surface area (Å²) in [5.74, 6) is -1.07. The van der Waals surface area contributed by atoms with E-state index in [1.54, 1.807) is 0 Å². The Hall–Kier alpha value is -1.47. The van der Waals surface area contributed by atoms with Gasteiger partial charge in [0.05, 0.1) is 19.8 Å². The summed E-state index contributed by atoms with van der Waals surface area (Å²) in [4.78, 5) is 17.2. The molecule has 2 rings (SSSR count). The second kappa shape index (κ2) is 12.0. The monoisotopic (exact) mass is 340 g/mol. The Labute approximate surface area is 145 Å². The van der Waals surface area contributed by atoms with E-state index < -0.39 is 24.0 Å². The third kappa shape index (κ3) is 5.87. The van der Waals surface area contributed by atoms with Crippen LogP contribution in [0.4, 0.5) is 0 Å². The minimum Gasteiger partial charge on any atom is -0.396 e. The highest BCUT2D eigenvalue weighted by Crippen LogP contribution is 2.29. The van der Waals surface area contributed by atoms with Gasteiger partial charge in [0.15, 0.2) is 0 Å². The summed E-state index contributed by atoms with van der Waals surface area (Å²) in [6, 6.07) is 7.08. The van der Waals surface area contributed by atoms with E-state index in [0.717, 1.165) is 11.1 Å². The van der Waals surface area contributed by atoms with E-state index in [4.69, 9.17) is 10.6 Å². The predicted molar refractivity (Wildman–Crippen MR) is 94.9 cm³/mol. The molecule has 1 unspecified atom stereocenters. The number of aliphatic hydroxyl groups excluding tert-OH is 2. The summed E-state index contributed by atoms with van der Waals surface area (Å²) in [7, 11) is 0. The van der Waals surface area contributed by atoms with Crippen molar-refractivity contribution in [1.82, 2.24) is 5.06 Å². The minimum absolute atomic E-state index is 0.261. The van der Waals surface area contributed by atoms with Crippen molar-refractivity contribution < 1.29 is 19.8 Å². The lowest BCUT2D eigenvalue weighted by Crippen LogP contribution is -2.44. The number of hydroxylamine groups is 2. The lowest BCUT2D eigenvalue weighted by molar-refractivity contribution is -0.180. The zero-order chi connectivity index (χ0) is 18.7. The summed E-state index contributed by atoms with van der Waals surface area (Å²) in [5, 5.41) is 20.1. The van der Waals surface area contributed by atoms with Crippen LogP contribution < -0.4 is 5.73 Å². The molecule has 6 nitrogen and oxygen atoms in total. The van der Waals surface area contributed by atoms with E-state index in [2.05, 4.69) is 0 Å². The second-order valence-electron chi connectivity index (χ2n) is 5.08. The fraction of sp³-hybridized carbons (Fsp3) is 0.611. The number of nitrogens with two attached hydrogens (primary N) is 1. The van der Waals surface area contributed by atoms with Crippen molar-refractivity contribution in [3.63, 3.8) is 0 Å². The van der Waals surface area contributed by atoms with Crippen molar-refractivity contribution in [2.24, 2.45) is 11.7 Å². The SMILES string of the molecule is CC.CC.Cc1cccc(CN2OC(CO)[C@@H](CO)[C@H]2C(N)=O)c1. The maximum Gasteiger partial charge on any atom is 0.237 e. The van der Waals surface area contributed by atoms with Crippen LogP contribution in [0.5, 0.6) is 0 Å². The number of carbonyl (C=O) groups excluding carboxylic acids is 1. The van der Waals surface area contributed by atoms with E-state index in [0.29, 0.717) is 6.54 Å². The third-order valence-electron chi connectivity index (χ3n) is 3.57. The molecule has 24 heavy (non-hydrogen) atoms. The van der Waals surface area contributed by atoms with E-state index in [-0.39, 0.29) is 13.2 Å². The van der Waals surface area contributed by atoms with Gasteiger partial charge in [-0.05, 0) is 12.5 Å². The first-order chi connectivity index (χ1) is 11.6. The highest BCUT2D eigenvalue weighted by Gasteiger charge is 2.45. The number of carbonyl (C=O) groups is 1. The molecule has 0 bridgehead atoms. The van der Waals surface area contributed by atoms with Gasteiger partial charge in [0.2, 0.25) is 5.91 Å². The van der Waals surface area contributed by atoms with E-state index in [9.17, 15) is 15.0 Å². The minimum atomic E-state index is -0.738. The van der Waals surface area contributed by atoms with Gasteiger partial charge in [-0.1, -0.05) is 57.5 Å². The maximum absolute atomic E-state index is 11.6. The van der Waals surface area contributed by atoms with Gasteiger partial charge in [0, 0.05) is 5.92 Å². The maximum atomic E-state index is 11.6. The molecular weight excluding hydrogens is 308 g/mol. The quantitative estimate of drug-likeness (QED) is 0.757. The zero-order valence-electron chi connectivity index (χ0n) is 15.4. The van der Waals surface area contributed by atoms with Crippen molar-refractivity contribution in [3.8, 4) is 0 Å². The lowest BCUT2D eigenvalue weighted by Gasteiger charge is -2.22. The number of hydrogen-bond acceptors (Lipinski definition) is 5. The fourth-order valence-electron chi connectivity index (χ4n) is 2.60. The Morgan fingerprint density at radius 2 is 1.83 bits per heavy atom. The summed E-state index contributed by atoms with van der Waals surface area (Å²) < 4.78 is 0. The summed E-state index contributed by atoms with van der Waals surface area (Å²) >= 11 is 0. The van der Waals surface area contributed by atoms with Crippen molar-refractivity contribution in [2.75, 3.05) is 13.2 Å². The number of aryl methyl sites for hydroxylation is 1. The Morgan fingerprint density at radius 3 is 2.29 bits per heavy atom. The lowest BCUT2D eigenvalue weighted by atomic mass is 9.95. The molecule has 4 N–H and O–H groups in total. The van der Waals surface area contributed by atoms with Crippen LogP contribution in [-0.4, -0.2) is 46.5 Å². The van der Waals surface area contributed by atoms with Crippen LogP contribution in [0.3, 0.4) is 0 Å². The number of amides is 1. The molecule has 1 aliphatic rings. The van der Waals surface area contributed by atoms with Crippen molar-refractivity contribution in [3.05, 3.63) is 35.4 Å². The van der Waals surface area contributed by atoms with Gasteiger partial charge in [-0.3, -0.25) is 9.63 Å². The molecule has 1 heterocycles. The highest BCUT2D eigenvalue weighted by atomic mass is 16.7. The zero-order valence-corrected chi connectivity index (χ0v) is 15.4. The van der Waals surface area contributed by atoms with Gasteiger partial charge < -0.3 is 15.9 Å². The fourth-order valence-corrected chi connectivity index (χ4v) is 2.60. The van der Waals surface area contributed by atoms with Crippen LogP contribution in [0.25, 0.3) is 0 Å². The standard InChI is InChI=1S/C14H20N2O4.2C2H6/c1-9-3-2-4-10(5-9)6-16-13(14(15)19)11(7-17)12(8-18)20-16;2*1-2/h2-5,11-13,17-18H,6-8H2,1H3,(H2,15,19);2*1-2H3/t11-,12?,13+;;/m1../s1. The average Bonchev–Trinajstić information content (AvgIpc) is 2.96. The molecule has 0 spiro atoms. The van der Waals surface area contributed by atoms with Crippen LogP contribution in [0.1, 0.15) is 38.8 Å². The van der Waals surface area contributed by atoms with E-state index >= 15 is 0 Å². The number of nitrogens with zero attached hydrogens (tertiary/aromatic N) is 1. The molecule has 1 aliphatic heterocycles. The topological polar surface area (TPSA) is 96.0 Å². The molecule has 1 aromatic rings. The van der Waals surface area contributed by atoms with Crippen LogP contribution >= 0.6 is 0 Å². The highest BCUT2D eigenvalue weighted by molar-refractivity contribution is 5.80. The molecule has 138 valence electrons. The molecule has 0 radical (unpaired) electrons. The Kier molecular flexibility index (Phi) is 11.2. The first-order valence-electron chi connectivity index (χ1n) is 8.56. The average molecular weight is 340 g/mol.